The number of imidazole rings is 1. The van der Waals surface area contributed by atoms with Gasteiger partial charge < -0.3 is 4.57 Å². The molecule has 0 aliphatic rings. The van der Waals surface area contributed by atoms with Crippen LogP contribution in [0, 0.1) is 0 Å². The summed E-state index contributed by atoms with van der Waals surface area (Å²) in [7, 11) is 0. The molecule has 3 nitrogen and oxygen atoms in total. The molecular weight excluding hydrogens is 414 g/mol. The van der Waals surface area contributed by atoms with Crippen molar-refractivity contribution in [1.29, 1.82) is 0 Å². The molecular formula is C31H27N3. The average Bonchev–Trinajstić information content (AvgIpc) is 3.47. The van der Waals surface area contributed by atoms with Gasteiger partial charge in [-0.2, -0.15) is 0 Å². The summed E-state index contributed by atoms with van der Waals surface area (Å²) in [5.74, 6) is 0.942. The Kier molecular flexibility index (Phi) is 4.66. The van der Waals surface area contributed by atoms with Gasteiger partial charge in [-0.25, -0.2) is 4.98 Å². The lowest BCUT2D eigenvalue weighted by Crippen LogP contribution is -2.10. The van der Waals surface area contributed by atoms with Crippen molar-refractivity contribution in [2.45, 2.75) is 26.2 Å². The molecule has 0 N–H and O–H groups in total. The Morgan fingerprint density at radius 3 is 1.76 bits per heavy atom. The normalized spacial score (nSPS) is 12.0. The summed E-state index contributed by atoms with van der Waals surface area (Å²) in [5.41, 5.74) is 7.26. The molecule has 0 spiro atoms. The molecule has 6 aromatic rings. The van der Waals surface area contributed by atoms with E-state index in [4.69, 9.17) is 0 Å². The Labute approximate surface area is 199 Å². The molecule has 0 saturated heterocycles. The van der Waals surface area contributed by atoms with Crippen molar-refractivity contribution in [3.05, 3.63) is 115 Å². The molecule has 0 unspecified atom stereocenters. The molecule has 2 heterocycles. The SMILES string of the molecule is CC(C)(C)c1ccc(-n2ccnc2-c2ccc(-n3c4ccccc4c4ccccc43)cc2)cc1. The van der Waals surface area contributed by atoms with E-state index in [0.717, 1.165) is 22.8 Å². The molecule has 0 radical (unpaired) electrons. The minimum absolute atomic E-state index is 0.138. The lowest BCUT2D eigenvalue weighted by atomic mass is 9.87. The van der Waals surface area contributed by atoms with Gasteiger partial charge in [-0.15, -0.1) is 0 Å². The van der Waals surface area contributed by atoms with Crippen molar-refractivity contribution >= 4 is 21.8 Å². The Morgan fingerprint density at radius 1 is 0.618 bits per heavy atom. The fourth-order valence-corrected chi connectivity index (χ4v) is 4.81. The molecule has 34 heavy (non-hydrogen) atoms. The Bertz CT molecular complexity index is 1560. The highest BCUT2D eigenvalue weighted by molar-refractivity contribution is 6.09. The van der Waals surface area contributed by atoms with Crippen LogP contribution in [-0.2, 0) is 5.41 Å². The van der Waals surface area contributed by atoms with Gasteiger partial charge in [0.15, 0.2) is 0 Å². The van der Waals surface area contributed by atoms with Crippen molar-refractivity contribution in [2.75, 3.05) is 0 Å². The Hall–Kier alpha value is -4.11. The number of aromatic nitrogens is 3. The Balaban J connectivity index is 1.41. The van der Waals surface area contributed by atoms with Crippen molar-refractivity contribution in [2.24, 2.45) is 0 Å². The van der Waals surface area contributed by atoms with E-state index in [1.165, 1.54) is 27.4 Å². The van der Waals surface area contributed by atoms with Crippen LogP contribution in [0.15, 0.2) is 109 Å². The number of hydrogen-bond donors (Lipinski definition) is 0. The molecule has 0 aliphatic carbocycles. The molecule has 0 atom stereocenters. The van der Waals surface area contributed by atoms with Gasteiger partial charge in [0.2, 0.25) is 0 Å². The molecule has 0 saturated carbocycles. The summed E-state index contributed by atoms with van der Waals surface area (Å²) < 4.78 is 4.49. The zero-order valence-electron chi connectivity index (χ0n) is 19.7. The lowest BCUT2D eigenvalue weighted by molar-refractivity contribution is 0.590. The van der Waals surface area contributed by atoms with E-state index in [9.17, 15) is 0 Å². The highest BCUT2D eigenvalue weighted by Crippen LogP contribution is 2.32. The molecule has 2 aromatic heterocycles. The number of para-hydroxylation sites is 2. The van der Waals surface area contributed by atoms with E-state index < -0.39 is 0 Å². The fraction of sp³-hybridized carbons (Fsp3) is 0.129. The van der Waals surface area contributed by atoms with Gasteiger partial charge in [0, 0.05) is 40.1 Å². The first-order chi connectivity index (χ1) is 16.5. The lowest BCUT2D eigenvalue weighted by Gasteiger charge is -2.19. The summed E-state index contributed by atoms with van der Waals surface area (Å²) in [5, 5.41) is 2.55. The molecule has 3 heteroatoms. The van der Waals surface area contributed by atoms with Crippen LogP contribution >= 0.6 is 0 Å². The largest absolute Gasteiger partial charge is 0.309 e. The van der Waals surface area contributed by atoms with E-state index in [1.54, 1.807) is 0 Å². The highest BCUT2D eigenvalue weighted by atomic mass is 15.1. The second-order valence-electron chi connectivity index (χ2n) is 9.83. The predicted molar refractivity (Wildman–Crippen MR) is 142 cm³/mol. The van der Waals surface area contributed by atoms with Crippen molar-refractivity contribution in [3.63, 3.8) is 0 Å². The van der Waals surface area contributed by atoms with Gasteiger partial charge in [0.05, 0.1) is 11.0 Å². The maximum Gasteiger partial charge on any atom is 0.144 e. The number of fused-ring (bicyclic) bond motifs is 3. The zero-order chi connectivity index (χ0) is 23.3. The van der Waals surface area contributed by atoms with Gasteiger partial charge in [0.25, 0.3) is 0 Å². The van der Waals surface area contributed by atoms with Crippen LogP contribution < -0.4 is 0 Å². The summed E-state index contributed by atoms with van der Waals surface area (Å²) in [6.07, 6.45) is 3.90. The fourth-order valence-electron chi connectivity index (χ4n) is 4.81. The average molecular weight is 442 g/mol. The van der Waals surface area contributed by atoms with Crippen molar-refractivity contribution in [1.82, 2.24) is 14.1 Å². The van der Waals surface area contributed by atoms with Crippen LogP contribution in [0.1, 0.15) is 26.3 Å². The first-order valence-corrected chi connectivity index (χ1v) is 11.7. The highest BCUT2D eigenvalue weighted by Gasteiger charge is 2.15. The van der Waals surface area contributed by atoms with E-state index in [1.807, 2.05) is 12.4 Å². The van der Waals surface area contributed by atoms with E-state index in [2.05, 4.69) is 132 Å². The number of rotatable bonds is 3. The van der Waals surface area contributed by atoms with Crippen LogP contribution in [0.3, 0.4) is 0 Å². The van der Waals surface area contributed by atoms with Crippen molar-refractivity contribution in [3.8, 4) is 22.8 Å². The third-order valence-electron chi connectivity index (χ3n) is 6.62. The number of benzene rings is 4. The smallest absolute Gasteiger partial charge is 0.144 e. The molecule has 0 bridgehead atoms. The second-order valence-corrected chi connectivity index (χ2v) is 9.83. The van der Waals surface area contributed by atoms with Crippen LogP contribution in [0.2, 0.25) is 0 Å². The van der Waals surface area contributed by atoms with Crippen LogP contribution in [-0.4, -0.2) is 14.1 Å². The third-order valence-corrected chi connectivity index (χ3v) is 6.62. The third kappa shape index (κ3) is 3.32. The van der Waals surface area contributed by atoms with Gasteiger partial charge in [-0.05, 0) is 59.5 Å². The summed E-state index contributed by atoms with van der Waals surface area (Å²) in [4.78, 5) is 4.68. The van der Waals surface area contributed by atoms with Gasteiger partial charge in [0.1, 0.15) is 5.82 Å². The van der Waals surface area contributed by atoms with Gasteiger partial charge in [-0.3, -0.25) is 4.57 Å². The van der Waals surface area contributed by atoms with Crippen molar-refractivity contribution < 1.29 is 0 Å². The molecule has 6 rings (SSSR count). The Morgan fingerprint density at radius 2 is 1.18 bits per heavy atom. The summed E-state index contributed by atoms with van der Waals surface area (Å²) >= 11 is 0. The predicted octanol–water partition coefficient (Wildman–Crippen LogP) is 7.93. The standard InChI is InChI=1S/C31H27N3/c1-31(2,3)23-14-18-24(19-15-23)33-21-20-32-30(33)22-12-16-25(17-13-22)34-28-10-6-4-8-26(28)27-9-5-7-11-29(27)34/h4-21H,1-3H3. The first kappa shape index (κ1) is 20.5. The molecule has 0 fully saturated rings. The van der Waals surface area contributed by atoms with E-state index in [0.29, 0.717) is 0 Å². The molecule has 4 aromatic carbocycles. The summed E-state index contributed by atoms with van der Waals surface area (Å²) in [6.45, 7) is 6.72. The zero-order valence-corrected chi connectivity index (χ0v) is 19.7. The van der Waals surface area contributed by atoms with Gasteiger partial charge >= 0.3 is 0 Å². The number of nitrogens with zero attached hydrogens (tertiary/aromatic N) is 3. The van der Waals surface area contributed by atoms with E-state index in [-0.39, 0.29) is 5.41 Å². The summed E-state index contributed by atoms with van der Waals surface area (Å²) in [6, 6.07) is 34.7. The molecule has 166 valence electrons. The monoisotopic (exact) mass is 441 g/mol. The second kappa shape index (κ2) is 7.74. The van der Waals surface area contributed by atoms with Crippen LogP contribution in [0.25, 0.3) is 44.6 Å². The van der Waals surface area contributed by atoms with Crippen LogP contribution in [0.4, 0.5) is 0 Å². The number of hydrogen-bond acceptors (Lipinski definition) is 1. The quantitative estimate of drug-likeness (QED) is 0.273. The van der Waals surface area contributed by atoms with Gasteiger partial charge in [-0.1, -0.05) is 69.3 Å². The topological polar surface area (TPSA) is 22.8 Å². The maximum absolute atomic E-state index is 4.68. The van der Waals surface area contributed by atoms with Crippen LogP contribution in [0.5, 0.6) is 0 Å². The molecule has 0 aliphatic heterocycles. The van der Waals surface area contributed by atoms with E-state index >= 15 is 0 Å². The molecule has 0 amide bonds. The first-order valence-electron chi connectivity index (χ1n) is 11.7. The minimum Gasteiger partial charge on any atom is -0.309 e. The maximum atomic E-state index is 4.68. The minimum atomic E-state index is 0.138.